The van der Waals surface area contributed by atoms with Crippen molar-refractivity contribution in [2.75, 3.05) is 5.32 Å². The molecule has 26 heavy (non-hydrogen) atoms. The molecule has 0 unspecified atom stereocenters. The summed E-state index contributed by atoms with van der Waals surface area (Å²) in [5.41, 5.74) is 4.55. The zero-order valence-corrected chi connectivity index (χ0v) is 14.0. The van der Waals surface area contributed by atoms with Gasteiger partial charge >= 0.3 is 12.1 Å². The predicted molar refractivity (Wildman–Crippen MR) is 92.0 cm³/mol. The number of benzene rings is 2. The number of carbonyl (C=O) groups is 2. The smallest absolute Gasteiger partial charge is 0.318 e. The van der Waals surface area contributed by atoms with Gasteiger partial charge in [0, 0.05) is 11.3 Å². The lowest BCUT2D eigenvalue weighted by Gasteiger charge is -2.09. The van der Waals surface area contributed by atoms with E-state index in [2.05, 4.69) is 10.5 Å². The van der Waals surface area contributed by atoms with Gasteiger partial charge in [-0.1, -0.05) is 29.8 Å². The second kappa shape index (κ2) is 7.81. The molecule has 0 bridgehead atoms. The van der Waals surface area contributed by atoms with E-state index in [9.17, 15) is 22.8 Å². The number of nitrogens with zero attached hydrogens (tertiary/aromatic N) is 1. The lowest BCUT2D eigenvalue weighted by Crippen LogP contribution is -2.29. The number of anilines is 1. The molecule has 0 saturated carbocycles. The summed E-state index contributed by atoms with van der Waals surface area (Å²) in [5, 5.41) is 5.72. The fourth-order valence-electron chi connectivity index (χ4n) is 2.07. The lowest BCUT2D eigenvalue weighted by molar-refractivity contribution is -0.167. The summed E-state index contributed by atoms with van der Waals surface area (Å²) in [5.74, 6) is -2.47. The van der Waals surface area contributed by atoms with E-state index in [1.807, 2.05) is 13.0 Å². The first-order valence-corrected chi connectivity index (χ1v) is 7.57. The Balaban J connectivity index is 2.10. The molecule has 2 rings (SSSR count). The van der Waals surface area contributed by atoms with Crippen LogP contribution in [0.2, 0.25) is 0 Å². The van der Waals surface area contributed by atoms with Crippen LogP contribution < -0.4 is 10.7 Å². The molecule has 2 aromatic rings. The van der Waals surface area contributed by atoms with Crippen molar-refractivity contribution in [3.63, 3.8) is 0 Å². The standard InChI is InChI=1S/C18H16F3N3O2/c1-11-5-3-7-14(9-11)16(25)24-23-12(2)13-6-4-8-15(10-13)22-17(26)18(19,20)21/h3-10H,1-2H3,(H,22,26)(H,24,25). The number of alkyl halides is 3. The molecule has 0 fully saturated rings. The van der Waals surface area contributed by atoms with E-state index in [4.69, 9.17) is 0 Å². The van der Waals surface area contributed by atoms with Crippen molar-refractivity contribution in [1.82, 2.24) is 5.43 Å². The fourth-order valence-corrected chi connectivity index (χ4v) is 2.07. The number of hydrogen-bond donors (Lipinski definition) is 2. The third-order valence-electron chi connectivity index (χ3n) is 3.40. The summed E-state index contributed by atoms with van der Waals surface area (Å²) in [4.78, 5) is 23.0. The minimum Gasteiger partial charge on any atom is -0.318 e. The highest BCUT2D eigenvalue weighted by Gasteiger charge is 2.38. The average Bonchev–Trinajstić information content (AvgIpc) is 2.58. The third kappa shape index (κ3) is 5.17. The largest absolute Gasteiger partial charge is 0.471 e. The first-order chi connectivity index (χ1) is 12.2. The molecule has 2 amide bonds. The van der Waals surface area contributed by atoms with Crippen molar-refractivity contribution in [1.29, 1.82) is 0 Å². The van der Waals surface area contributed by atoms with Gasteiger partial charge in [-0.25, -0.2) is 5.43 Å². The SMILES string of the molecule is CC(=NNC(=O)c1cccc(C)c1)c1cccc(NC(=O)C(F)(F)F)c1. The Bertz CT molecular complexity index is 861. The Morgan fingerprint density at radius 1 is 1.00 bits per heavy atom. The molecular formula is C18H16F3N3O2. The van der Waals surface area contributed by atoms with Crippen LogP contribution in [0, 0.1) is 6.92 Å². The van der Waals surface area contributed by atoms with Crippen LogP contribution in [0.4, 0.5) is 18.9 Å². The molecule has 2 aromatic carbocycles. The number of halogens is 3. The Kier molecular flexibility index (Phi) is 5.76. The van der Waals surface area contributed by atoms with Crippen LogP contribution in [-0.4, -0.2) is 23.7 Å². The maximum atomic E-state index is 12.3. The molecule has 0 spiro atoms. The van der Waals surface area contributed by atoms with Crippen LogP contribution in [0.15, 0.2) is 53.6 Å². The summed E-state index contributed by atoms with van der Waals surface area (Å²) in [6.07, 6.45) is -4.97. The maximum Gasteiger partial charge on any atom is 0.471 e. The lowest BCUT2D eigenvalue weighted by atomic mass is 10.1. The molecule has 5 nitrogen and oxygen atoms in total. The van der Waals surface area contributed by atoms with Gasteiger partial charge in [0.15, 0.2) is 0 Å². The molecule has 0 atom stereocenters. The van der Waals surface area contributed by atoms with Gasteiger partial charge in [-0.05, 0) is 43.7 Å². The fraction of sp³-hybridized carbons (Fsp3) is 0.167. The number of carbonyl (C=O) groups excluding carboxylic acids is 2. The molecule has 0 aliphatic carbocycles. The number of hydrazone groups is 1. The van der Waals surface area contributed by atoms with Crippen LogP contribution in [0.3, 0.4) is 0 Å². The maximum absolute atomic E-state index is 12.3. The Morgan fingerprint density at radius 3 is 2.31 bits per heavy atom. The quantitative estimate of drug-likeness (QED) is 0.643. The van der Waals surface area contributed by atoms with Crippen molar-refractivity contribution < 1.29 is 22.8 Å². The molecule has 2 N–H and O–H groups in total. The van der Waals surface area contributed by atoms with Gasteiger partial charge in [0.05, 0.1) is 5.71 Å². The van der Waals surface area contributed by atoms with E-state index in [-0.39, 0.29) is 5.69 Å². The zero-order chi connectivity index (χ0) is 19.3. The molecular weight excluding hydrogens is 347 g/mol. The van der Waals surface area contributed by atoms with Crippen molar-refractivity contribution in [2.45, 2.75) is 20.0 Å². The van der Waals surface area contributed by atoms with E-state index in [0.29, 0.717) is 16.8 Å². The van der Waals surface area contributed by atoms with E-state index >= 15 is 0 Å². The second-order valence-electron chi connectivity index (χ2n) is 5.54. The molecule has 0 aliphatic heterocycles. The van der Waals surface area contributed by atoms with Crippen LogP contribution in [0.25, 0.3) is 0 Å². The van der Waals surface area contributed by atoms with Gasteiger partial charge in [0.2, 0.25) is 0 Å². The van der Waals surface area contributed by atoms with Gasteiger partial charge in [-0.15, -0.1) is 0 Å². The Hall–Kier alpha value is -3.16. The van der Waals surface area contributed by atoms with Crippen molar-refractivity contribution >= 4 is 23.2 Å². The molecule has 8 heteroatoms. The van der Waals surface area contributed by atoms with Crippen LogP contribution >= 0.6 is 0 Å². The minimum atomic E-state index is -4.97. The molecule has 0 saturated heterocycles. The number of aryl methyl sites for hydroxylation is 1. The van der Waals surface area contributed by atoms with Crippen molar-refractivity contribution in [3.05, 3.63) is 65.2 Å². The molecule has 0 aromatic heterocycles. The number of nitrogens with one attached hydrogen (secondary N) is 2. The molecule has 0 aliphatic rings. The summed E-state index contributed by atoms with van der Waals surface area (Å²) in [6.45, 7) is 3.44. The van der Waals surface area contributed by atoms with E-state index in [0.717, 1.165) is 5.56 Å². The highest BCUT2D eigenvalue weighted by molar-refractivity contribution is 6.02. The summed E-state index contributed by atoms with van der Waals surface area (Å²) >= 11 is 0. The number of rotatable bonds is 4. The van der Waals surface area contributed by atoms with Crippen LogP contribution in [0.5, 0.6) is 0 Å². The van der Waals surface area contributed by atoms with Crippen LogP contribution in [0.1, 0.15) is 28.4 Å². The molecule has 0 radical (unpaired) electrons. The highest BCUT2D eigenvalue weighted by atomic mass is 19.4. The summed E-state index contributed by atoms with van der Waals surface area (Å²) < 4.78 is 36.9. The first-order valence-electron chi connectivity index (χ1n) is 7.57. The normalized spacial score (nSPS) is 11.8. The van der Waals surface area contributed by atoms with Gasteiger partial charge in [0.25, 0.3) is 5.91 Å². The van der Waals surface area contributed by atoms with Gasteiger partial charge in [-0.3, -0.25) is 9.59 Å². The predicted octanol–water partition coefficient (Wildman–Crippen LogP) is 3.65. The third-order valence-corrected chi connectivity index (χ3v) is 3.40. The van der Waals surface area contributed by atoms with Gasteiger partial charge in [0.1, 0.15) is 0 Å². The molecule has 136 valence electrons. The van der Waals surface area contributed by atoms with Gasteiger partial charge in [-0.2, -0.15) is 18.3 Å². The van der Waals surface area contributed by atoms with Crippen molar-refractivity contribution in [2.24, 2.45) is 5.10 Å². The van der Waals surface area contributed by atoms with Gasteiger partial charge < -0.3 is 5.32 Å². The highest BCUT2D eigenvalue weighted by Crippen LogP contribution is 2.19. The average molecular weight is 363 g/mol. The minimum absolute atomic E-state index is 0.0237. The van der Waals surface area contributed by atoms with Crippen LogP contribution in [-0.2, 0) is 4.79 Å². The van der Waals surface area contributed by atoms with E-state index in [1.54, 1.807) is 36.5 Å². The first kappa shape index (κ1) is 19.2. The summed E-state index contributed by atoms with van der Waals surface area (Å²) in [6, 6.07) is 12.7. The Labute approximate surface area is 147 Å². The zero-order valence-electron chi connectivity index (χ0n) is 14.0. The number of hydrogen-bond acceptors (Lipinski definition) is 3. The summed E-state index contributed by atoms with van der Waals surface area (Å²) in [7, 11) is 0. The number of amides is 2. The van der Waals surface area contributed by atoms with Crippen molar-refractivity contribution in [3.8, 4) is 0 Å². The monoisotopic (exact) mass is 363 g/mol. The topological polar surface area (TPSA) is 70.6 Å². The van der Waals surface area contributed by atoms with E-state index < -0.39 is 18.0 Å². The molecule has 0 heterocycles. The van der Waals surface area contributed by atoms with E-state index in [1.165, 1.54) is 18.2 Å². The Morgan fingerprint density at radius 2 is 1.65 bits per heavy atom. The second-order valence-corrected chi connectivity index (χ2v) is 5.54.